The molecule has 1 amide bonds. The quantitative estimate of drug-likeness (QED) is 0.453. The van der Waals surface area contributed by atoms with Gasteiger partial charge in [-0.05, 0) is 74.2 Å². The first-order valence-corrected chi connectivity index (χ1v) is 13.8. The molecule has 3 aromatic rings. The standard InChI is InChI=1S/C25H29N3O6S2/c1-16-12-21-22(13-17(16)2)35-25(28(21)15-23(29)34-4)26-24(30)18-6-5-11-27(14-18)36(31,32)20-9-7-19(33-3)8-10-20/h7-10,12-13,18H,5-6,11,14-15H2,1-4H3. The molecule has 1 aromatic heterocycles. The lowest BCUT2D eigenvalue weighted by Crippen LogP contribution is -2.42. The topological polar surface area (TPSA) is 107 Å². The predicted molar refractivity (Wildman–Crippen MR) is 136 cm³/mol. The number of aromatic nitrogens is 1. The van der Waals surface area contributed by atoms with E-state index in [9.17, 15) is 18.0 Å². The van der Waals surface area contributed by atoms with Gasteiger partial charge in [0.25, 0.3) is 5.91 Å². The van der Waals surface area contributed by atoms with Gasteiger partial charge in [0.2, 0.25) is 10.0 Å². The Hall–Kier alpha value is -3.02. The van der Waals surface area contributed by atoms with Crippen molar-refractivity contribution in [3.8, 4) is 5.75 Å². The third-order valence-electron chi connectivity index (χ3n) is 6.45. The number of hydrogen-bond donors (Lipinski definition) is 0. The van der Waals surface area contributed by atoms with Crippen molar-refractivity contribution in [1.82, 2.24) is 8.87 Å². The fourth-order valence-electron chi connectivity index (χ4n) is 4.20. The summed E-state index contributed by atoms with van der Waals surface area (Å²) in [5, 5.41) is 0. The zero-order chi connectivity index (χ0) is 26.0. The maximum atomic E-state index is 13.3. The zero-order valence-corrected chi connectivity index (χ0v) is 22.3. The van der Waals surface area contributed by atoms with Crippen molar-refractivity contribution in [3.63, 3.8) is 0 Å². The number of carbonyl (C=O) groups is 2. The maximum absolute atomic E-state index is 13.3. The molecule has 1 saturated heterocycles. The molecule has 4 rings (SSSR count). The highest BCUT2D eigenvalue weighted by Crippen LogP contribution is 2.26. The summed E-state index contributed by atoms with van der Waals surface area (Å²) < 4.78 is 40.3. The molecule has 0 radical (unpaired) electrons. The average Bonchev–Trinajstić information content (AvgIpc) is 3.19. The number of esters is 1. The molecule has 1 fully saturated rings. The van der Waals surface area contributed by atoms with Gasteiger partial charge in [0.1, 0.15) is 12.3 Å². The van der Waals surface area contributed by atoms with Crippen LogP contribution >= 0.6 is 11.3 Å². The van der Waals surface area contributed by atoms with Crippen LogP contribution in [0.4, 0.5) is 0 Å². The predicted octanol–water partition coefficient (Wildman–Crippen LogP) is 3.03. The van der Waals surface area contributed by atoms with E-state index in [1.807, 2.05) is 26.0 Å². The van der Waals surface area contributed by atoms with E-state index in [-0.39, 0.29) is 18.0 Å². The summed E-state index contributed by atoms with van der Waals surface area (Å²) in [4.78, 5) is 30.3. The molecule has 0 bridgehead atoms. The highest BCUT2D eigenvalue weighted by molar-refractivity contribution is 7.89. The Morgan fingerprint density at radius 1 is 1.11 bits per heavy atom. The lowest BCUT2D eigenvalue weighted by Gasteiger charge is -2.30. The van der Waals surface area contributed by atoms with Crippen molar-refractivity contribution in [2.75, 3.05) is 27.3 Å². The third kappa shape index (κ3) is 5.23. The number of carbonyl (C=O) groups excluding carboxylic acids is 2. The smallest absolute Gasteiger partial charge is 0.325 e. The number of ether oxygens (including phenoxy) is 2. The Labute approximate surface area is 214 Å². The lowest BCUT2D eigenvalue weighted by atomic mass is 9.99. The summed E-state index contributed by atoms with van der Waals surface area (Å²) >= 11 is 1.32. The molecule has 1 aliphatic heterocycles. The monoisotopic (exact) mass is 531 g/mol. The number of methoxy groups -OCH3 is 2. The summed E-state index contributed by atoms with van der Waals surface area (Å²) in [7, 11) is -0.934. The van der Waals surface area contributed by atoms with E-state index in [1.54, 1.807) is 16.7 Å². The van der Waals surface area contributed by atoms with Crippen LogP contribution in [0.3, 0.4) is 0 Å². The molecule has 0 aliphatic carbocycles. The Balaban J connectivity index is 1.64. The van der Waals surface area contributed by atoms with E-state index in [2.05, 4.69) is 4.99 Å². The average molecular weight is 532 g/mol. The van der Waals surface area contributed by atoms with Crippen molar-refractivity contribution >= 4 is 43.5 Å². The minimum atomic E-state index is -3.76. The van der Waals surface area contributed by atoms with Crippen LogP contribution in [0.2, 0.25) is 0 Å². The number of hydrogen-bond acceptors (Lipinski definition) is 7. The molecule has 0 saturated carbocycles. The fraction of sp³-hybridized carbons (Fsp3) is 0.400. The summed E-state index contributed by atoms with van der Waals surface area (Å²) in [5.74, 6) is -0.861. The van der Waals surface area contributed by atoms with Gasteiger partial charge in [-0.1, -0.05) is 11.3 Å². The highest BCUT2D eigenvalue weighted by Gasteiger charge is 2.33. The van der Waals surface area contributed by atoms with Crippen LogP contribution < -0.4 is 9.54 Å². The SMILES string of the molecule is COC(=O)Cn1c(=NC(=O)C2CCCN(S(=O)(=O)c3ccc(OC)cc3)C2)sc2cc(C)c(C)cc21. The first-order valence-electron chi connectivity index (χ1n) is 11.5. The molecule has 1 unspecified atom stereocenters. The van der Waals surface area contributed by atoms with Gasteiger partial charge in [-0.2, -0.15) is 9.30 Å². The third-order valence-corrected chi connectivity index (χ3v) is 9.37. The van der Waals surface area contributed by atoms with E-state index < -0.39 is 27.8 Å². The van der Waals surface area contributed by atoms with Gasteiger partial charge in [0.05, 0.1) is 35.2 Å². The van der Waals surface area contributed by atoms with Crippen molar-refractivity contribution < 1.29 is 27.5 Å². The summed E-state index contributed by atoms with van der Waals surface area (Å²) in [6, 6.07) is 10.2. The second kappa shape index (κ2) is 10.5. The van der Waals surface area contributed by atoms with E-state index in [4.69, 9.17) is 9.47 Å². The largest absolute Gasteiger partial charge is 0.497 e. The Kier molecular flexibility index (Phi) is 7.62. The van der Waals surface area contributed by atoms with Gasteiger partial charge in [-0.25, -0.2) is 8.42 Å². The highest BCUT2D eigenvalue weighted by atomic mass is 32.2. The van der Waals surface area contributed by atoms with Crippen LogP contribution in [-0.4, -0.2) is 56.5 Å². The van der Waals surface area contributed by atoms with Gasteiger partial charge in [0, 0.05) is 13.1 Å². The van der Waals surface area contributed by atoms with Crippen LogP contribution in [0.1, 0.15) is 24.0 Å². The second-order valence-electron chi connectivity index (χ2n) is 8.78. The number of amides is 1. The summed E-state index contributed by atoms with van der Waals surface area (Å²) in [6.07, 6.45) is 1.09. The molecular formula is C25H29N3O6S2. The summed E-state index contributed by atoms with van der Waals surface area (Å²) in [5.41, 5.74) is 2.95. The number of nitrogens with zero attached hydrogens (tertiary/aromatic N) is 3. The molecule has 0 N–H and O–H groups in total. The van der Waals surface area contributed by atoms with E-state index in [0.29, 0.717) is 29.9 Å². The van der Waals surface area contributed by atoms with Crippen LogP contribution in [0.25, 0.3) is 10.2 Å². The van der Waals surface area contributed by atoms with E-state index in [0.717, 1.165) is 21.3 Å². The Morgan fingerprint density at radius 2 is 1.81 bits per heavy atom. The molecule has 0 spiro atoms. The van der Waals surface area contributed by atoms with Crippen molar-refractivity contribution in [2.45, 2.75) is 38.1 Å². The van der Waals surface area contributed by atoms with E-state index >= 15 is 0 Å². The molecule has 36 heavy (non-hydrogen) atoms. The van der Waals surface area contributed by atoms with Crippen molar-refractivity contribution in [2.24, 2.45) is 10.9 Å². The first-order chi connectivity index (χ1) is 17.1. The Morgan fingerprint density at radius 3 is 2.47 bits per heavy atom. The number of thiazole rings is 1. The van der Waals surface area contributed by atoms with Gasteiger partial charge in [-0.3, -0.25) is 9.59 Å². The van der Waals surface area contributed by atoms with Crippen molar-refractivity contribution in [3.05, 3.63) is 52.3 Å². The lowest BCUT2D eigenvalue weighted by molar-refractivity contribution is -0.141. The molecule has 192 valence electrons. The van der Waals surface area contributed by atoms with Crippen LogP contribution in [0.15, 0.2) is 46.3 Å². The molecular weight excluding hydrogens is 502 g/mol. The number of benzene rings is 2. The summed E-state index contributed by atoms with van der Waals surface area (Å²) in [6.45, 7) is 4.30. The number of sulfonamides is 1. The molecule has 2 heterocycles. The van der Waals surface area contributed by atoms with Gasteiger partial charge in [-0.15, -0.1) is 0 Å². The Bertz CT molecular complexity index is 1470. The number of piperidine rings is 1. The normalized spacial score (nSPS) is 17.3. The van der Waals surface area contributed by atoms with E-state index in [1.165, 1.54) is 42.0 Å². The number of aryl methyl sites for hydroxylation is 2. The molecule has 9 nitrogen and oxygen atoms in total. The fourth-order valence-corrected chi connectivity index (χ4v) is 6.84. The van der Waals surface area contributed by atoms with Gasteiger partial charge >= 0.3 is 5.97 Å². The zero-order valence-electron chi connectivity index (χ0n) is 20.7. The van der Waals surface area contributed by atoms with Crippen LogP contribution in [-0.2, 0) is 30.9 Å². The van der Waals surface area contributed by atoms with Crippen molar-refractivity contribution in [1.29, 1.82) is 0 Å². The maximum Gasteiger partial charge on any atom is 0.325 e. The minimum absolute atomic E-state index is 0.0524. The molecule has 1 aliphatic rings. The van der Waals surface area contributed by atoms with Crippen LogP contribution in [0, 0.1) is 19.8 Å². The first kappa shape index (κ1) is 26.1. The molecule has 2 aromatic carbocycles. The molecule has 1 atom stereocenters. The molecule has 11 heteroatoms. The second-order valence-corrected chi connectivity index (χ2v) is 11.7. The van der Waals surface area contributed by atoms with Crippen LogP contribution in [0.5, 0.6) is 5.75 Å². The van der Waals surface area contributed by atoms with Gasteiger partial charge < -0.3 is 14.0 Å². The van der Waals surface area contributed by atoms with Gasteiger partial charge in [0.15, 0.2) is 4.80 Å². The number of rotatable bonds is 6. The minimum Gasteiger partial charge on any atom is -0.497 e. The number of fused-ring (bicyclic) bond motifs is 1.